The Morgan fingerprint density at radius 3 is 2.61 bits per heavy atom. The number of ether oxygens (including phenoxy) is 2. The van der Waals surface area contributed by atoms with Crippen LogP contribution in [0, 0.1) is 6.92 Å². The van der Waals surface area contributed by atoms with Gasteiger partial charge in [-0.3, -0.25) is 14.9 Å². The van der Waals surface area contributed by atoms with Gasteiger partial charge < -0.3 is 14.8 Å². The number of hydrogen-bond acceptors (Lipinski definition) is 6. The maximum absolute atomic E-state index is 12.9. The van der Waals surface area contributed by atoms with Crippen LogP contribution in [0.4, 0.5) is 10.8 Å². The average molecular weight is 436 g/mol. The van der Waals surface area contributed by atoms with Crippen LogP contribution in [0.25, 0.3) is 0 Å². The van der Waals surface area contributed by atoms with Gasteiger partial charge >= 0.3 is 0 Å². The number of thiazole rings is 1. The first-order valence-corrected chi connectivity index (χ1v) is 11.0. The van der Waals surface area contributed by atoms with Crippen LogP contribution >= 0.6 is 11.3 Å². The summed E-state index contributed by atoms with van der Waals surface area (Å²) in [6, 6.07) is 12.7. The molecule has 0 radical (unpaired) electrons. The first kappa shape index (κ1) is 19.6. The van der Waals surface area contributed by atoms with Crippen molar-refractivity contribution in [2.24, 2.45) is 0 Å². The fourth-order valence-electron chi connectivity index (χ4n) is 3.76. The molecular formula is C23H21N3O4S. The van der Waals surface area contributed by atoms with Gasteiger partial charge in [-0.05, 0) is 44.0 Å². The van der Waals surface area contributed by atoms with Crippen molar-refractivity contribution in [1.82, 2.24) is 4.98 Å². The van der Waals surface area contributed by atoms with Crippen LogP contribution in [0.3, 0.4) is 0 Å². The molecule has 1 aromatic heterocycles. The van der Waals surface area contributed by atoms with Gasteiger partial charge in [0, 0.05) is 22.2 Å². The molecule has 31 heavy (non-hydrogen) atoms. The molecule has 0 fully saturated rings. The summed E-state index contributed by atoms with van der Waals surface area (Å²) in [5.41, 5.74) is 3.08. The molecule has 2 aromatic carbocycles. The molecular weight excluding hydrogens is 414 g/mol. The minimum Gasteiger partial charge on any atom is -0.486 e. The van der Waals surface area contributed by atoms with E-state index in [-0.39, 0.29) is 17.7 Å². The SMILES string of the molecule is Cc1ccc(C(=O)Nc2nc3c(s2)CCC3C(=O)Nc2ccc3c(c2)OCCO3)cc1. The second-order valence-corrected chi connectivity index (χ2v) is 8.67. The Hall–Kier alpha value is -3.39. The fourth-order valence-corrected chi connectivity index (χ4v) is 4.79. The maximum Gasteiger partial charge on any atom is 0.257 e. The molecule has 0 saturated heterocycles. The number of nitrogens with one attached hydrogen (secondary N) is 2. The van der Waals surface area contributed by atoms with Gasteiger partial charge in [0.25, 0.3) is 5.91 Å². The van der Waals surface area contributed by atoms with Crippen LogP contribution in [0.5, 0.6) is 11.5 Å². The maximum atomic E-state index is 12.9. The molecule has 1 aliphatic heterocycles. The predicted octanol–water partition coefficient (Wildman–Crippen LogP) is 4.14. The highest BCUT2D eigenvalue weighted by atomic mass is 32.1. The van der Waals surface area contributed by atoms with Crippen molar-refractivity contribution >= 4 is 34.0 Å². The first-order valence-electron chi connectivity index (χ1n) is 10.1. The molecule has 5 rings (SSSR count). The van der Waals surface area contributed by atoms with E-state index in [9.17, 15) is 9.59 Å². The van der Waals surface area contributed by atoms with Crippen molar-refractivity contribution in [2.75, 3.05) is 23.8 Å². The number of amides is 2. The van der Waals surface area contributed by atoms with Crippen molar-refractivity contribution in [3.63, 3.8) is 0 Å². The molecule has 7 nitrogen and oxygen atoms in total. The lowest BCUT2D eigenvalue weighted by Gasteiger charge is -2.19. The van der Waals surface area contributed by atoms with Gasteiger partial charge in [-0.2, -0.15) is 0 Å². The third-order valence-electron chi connectivity index (χ3n) is 5.38. The lowest BCUT2D eigenvalue weighted by molar-refractivity contribution is -0.117. The van der Waals surface area contributed by atoms with E-state index in [1.807, 2.05) is 19.1 Å². The number of benzene rings is 2. The molecule has 3 aromatic rings. The number of carbonyl (C=O) groups excluding carboxylic acids is 2. The molecule has 2 aliphatic rings. The first-order chi connectivity index (χ1) is 15.1. The summed E-state index contributed by atoms with van der Waals surface area (Å²) in [6.45, 7) is 2.99. The van der Waals surface area contributed by atoms with Crippen molar-refractivity contribution in [2.45, 2.75) is 25.7 Å². The highest BCUT2D eigenvalue weighted by Crippen LogP contribution is 2.39. The van der Waals surface area contributed by atoms with E-state index in [0.29, 0.717) is 47.5 Å². The summed E-state index contributed by atoms with van der Waals surface area (Å²) in [5.74, 6) is 0.651. The normalized spacial score (nSPS) is 16.5. The Morgan fingerprint density at radius 1 is 1.03 bits per heavy atom. The molecule has 1 unspecified atom stereocenters. The second-order valence-electron chi connectivity index (χ2n) is 7.59. The molecule has 0 saturated carbocycles. The fraction of sp³-hybridized carbons (Fsp3) is 0.261. The monoisotopic (exact) mass is 435 g/mol. The number of fused-ring (bicyclic) bond motifs is 2. The van der Waals surface area contributed by atoms with Crippen molar-refractivity contribution in [3.8, 4) is 11.5 Å². The van der Waals surface area contributed by atoms with Crippen LogP contribution in [-0.4, -0.2) is 30.0 Å². The molecule has 158 valence electrons. The zero-order valence-corrected chi connectivity index (χ0v) is 17.8. The Labute approximate surface area is 183 Å². The summed E-state index contributed by atoms with van der Waals surface area (Å²) in [5, 5.41) is 6.34. The van der Waals surface area contributed by atoms with Crippen LogP contribution in [0.2, 0.25) is 0 Å². The minimum absolute atomic E-state index is 0.114. The summed E-state index contributed by atoms with van der Waals surface area (Å²) >= 11 is 1.43. The van der Waals surface area contributed by atoms with Gasteiger partial charge in [-0.25, -0.2) is 4.98 Å². The standard InChI is InChI=1S/C23H21N3O4S/c1-13-2-4-14(5-3-13)21(27)26-23-25-20-16(7-9-19(20)31-23)22(28)24-15-6-8-17-18(12-15)30-11-10-29-17/h2-6,8,12,16H,7,9-11H2,1H3,(H,24,28)(H,25,26,27). The highest BCUT2D eigenvalue weighted by Gasteiger charge is 2.33. The van der Waals surface area contributed by atoms with Crippen molar-refractivity contribution in [3.05, 3.63) is 64.2 Å². The smallest absolute Gasteiger partial charge is 0.257 e. The molecule has 0 spiro atoms. The summed E-state index contributed by atoms with van der Waals surface area (Å²) in [7, 11) is 0. The van der Waals surface area contributed by atoms with Crippen LogP contribution in [0.15, 0.2) is 42.5 Å². The van der Waals surface area contributed by atoms with Gasteiger partial charge in [-0.1, -0.05) is 17.7 Å². The zero-order valence-electron chi connectivity index (χ0n) is 16.9. The van der Waals surface area contributed by atoms with E-state index in [0.717, 1.165) is 22.6 Å². The van der Waals surface area contributed by atoms with E-state index in [1.54, 1.807) is 30.3 Å². The Balaban J connectivity index is 1.28. The number of hydrogen-bond donors (Lipinski definition) is 2. The van der Waals surface area contributed by atoms with E-state index >= 15 is 0 Å². The quantitative estimate of drug-likeness (QED) is 0.643. The lowest BCUT2D eigenvalue weighted by Crippen LogP contribution is -2.20. The van der Waals surface area contributed by atoms with Crippen LogP contribution < -0.4 is 20.1 Å². The third-order valence-corrected chi connectivity index (χ3v) is 6.42. The molecule has 2 N–H and O–H groups in total. The average Bonchev–Trinajstić information content (AvgIpc) is 3.34. The molecule has 8 heteroatoms. The number of rotatable bonds is 4. The predicted molar refractivity (Wildman–Crippen MR) is 118 cm³/mol. The van der Waals surface area contributed by atoms with E-state index < -0.39 is 0 Å². The van der Waals surface area contributed by atoms with E-state index in [4.69, 9.17) is 9.47 Å². The summed E-state index contributed by atoms with van der Waals surface area (Å²) in [6.07, 6.45) is 1.48. The molecule has 1 aliphatic carbocycles. The Morgan fingerprint density at radius 2 is 1.81 bits per heavy atom. The minimum atomic E-state index is -0.343. The molecule has 1 atom stereocenters. The highest BCUT2D eigenvalue weighted by molar-refractivity contribution is 7.16. The lowest BCUT2D eigenvalue weighted by atomic mass is 10.1. The zero-order chi connectivity index (χ0) is 21.4. The molecule has 2 heterocycles. The number of carbonyl (C=O) groups is 2. The number of nitrogens with zero attached hydrogens (tertiary/aromatic N) is 1. The number of aromatic nitrogens is 1. The van der Waals surface area contributed by atoms with Gasteiger partial charge in [-0.15, -0.1) is 11.3 Å². The second kappa shape index (κ2) is 8.03. The van der Waals surface area contributed by atoms with Crippen molar-refractivity contribution < 1.29 is 19.1 Å². The summed E-state index contributed by atoms with van der Waals surface area (Å²) < 4.78 is 11.1. The van der Waals surface area contributed by atoms with Gasteiger partial charge in [0.1, 0.15) is 13.2 Å². The van der Waals surface area contributed by atoms with E-state index in [2.05, 4.69) is 15.6 Å². The largest absolute Gasteiger partial charge is 0.486 e. The van der Waals surface area contributed by atoms with Crippen molar-refractivity contribution in [1.29, 1.82) is 0 Å². The number of aryl methyl sites for hydroxylation is 2. The van der Waals surface area contributed by atoms with Gasteiger partial charge in [0.15, 0.2) is 16.6 Å². The molecule has 0 bridgehead atoms. The topological polar surface area (TPSA) is 89.6 Å². The van der Waals surface area contributed by atoms with Gasteiger partial charge in [0.05, 0.1) is 11.6 Å². The number of anilines is 2. The molecule has 2 amide bonds. The Kier molecular flexibility index (Phi) is 5.07. The van der Waals surface area contributed by atoms with Crippen LogP contribution in [-0.2, 0) is 11.2 Å². The van der Waals surface area contributed by atoms with Gasteiger partial charge in [0.2, 0.25) is 5.91 Å². The summed E-state index contributed by atoms with van der Waals surface area (Å²) in [4.78, 5) is 31.0. The Bertz CT molecular complexity index is 1160. The third kappa shape index (κ3) is 3.98. The van der Waals surface area contributed by atoms with Crippen LogP contribution in [0.1, 0.15) is 38.8 Å². The van der Waals surface area contributed by atoms with E-state index in [1.165, 1.54) is 11.3 Å².